The van der Waals surface area contributed by atoms with Crippen LogP contribution in [0.1, 0.15) is 37.8 Å². The Morgan fingerprint density at radius 2 is 1.71 bits per heavy atom. The number of hydrogen-bond acceptors (Lipinski definition) is 3. The molecule has 28 heavy (non-hydrogen) atoms. The molecule has 1 N–H and O–H groups in total. The van der Waals surface area contributed by atoms with Gasteiger partial charge in [-0.15, -0.1) is 11.8 Å². The number of likely N-dealkylation sites (N-methyl/N-ethyl adjacent to an activating group) is 1. The lowest BCUT2D eigenvalue weighted by atomic mass is 10.1. The van der Waals surface area contributed by atoms with Gasteiger partial charge in [-0.1, -0.05) is 55.0 Å². The third-order valence-corrected chi connectivity index (χ3v) is 5.55. The van der Waals surface area contributed by atoms with E-state index >= 15 is 0 Å². The summed E-state index contributed by atoms with van der Waals surface area (Å²) in [7, 11) is 0. The molecular formula is C23H30N2O2S. The molecule has 1 atom stereocenters. The van der Waals surface area contributed by atoms with Crippen molar-refractivity contribution in [3.8, 4) is 0 Å². The first kappa shape index (κ1) is 22.0. The topological polar surface area (TPSA) is 49.4 Å². The summed E-state index contributed by atoms with van der Waals surface area (Å²) in [5.41, 5.74) is 2.22. The van der Waals surface area contributed by atoms with E-state index in [1.807, 2.05) is 75.4 Å². The minimum Gasteiger partial charge on any atom is -0.355 e. The molecule has 4 nitrogen and oxygen atoms in total. The number of benzene rings is 2. The van der Waals surface area contributed by atoms with E-state index in [0.29, 0.717) is 31.7 Å². The predicted octanol–water partition coefficient (Wildman–Crippen LogP) is 4.42. The maximum atomic E-state index is 13.0. The predicted molar refractivity (Wildman–Crippen MR) is 116 cm³/mol. The zero-order valence-corrected chi connectivity index (χ0v) is 17.8. The minimum absolute atomic E-state index is 0.0158. The van der Waals surface area contributed by atoms with Crippen LogP contribution in [0.5, 0.6) is 0 Å². The highest BCUT2D eigenvalue weighted by atomic mass is 32.2. The van der Waals surface area contributed by atoms with Gasteiger partial charge in [-0.2, -0.15) is 0 Å². The van der Waals surface area contributed by atoms with E-state index < -0.39 is 6.04 Å². The fraction of sp³-hybridized carbons (Fsp3) is 0.391. The lowest BCUT2D eigenvalue weighted by Gasteiger charge is -2.30. The van der Waals surface area contributed by atoms with Crippen molar-refractivity contribution in [2.75, 3.05) is 12.3 Å². The smallest absolute Gasteiger partial charge is 0.242 e. The molecule has 0 aliphatic heterocycles. The average molecular weight is 399 g/mol. The summed E-state index contributed by atoms with van der Waals surface area (Å²) >= 11 is 1.66. The second kappa shape index (κ2) is 11.5. The molecule has 5 heteroatoms. The Hall–Kier alpha value is -2.27. The zero-order valence-electron chi connectivity index (χ0n) is 17.0. The third kappa shape index (κ3) is 6.71. The molecule has 0 radical (unpaired) electrons. The lowest BCUT2D eigenvalue weighted by Crippen LogP contribution is -2.49. The van der Waals surface area contributed by atoms with Gasteiger partial charge in [0.05, 0.1) is 0 Å². The molecule has 0 aromatic heterocycles. The van der Waals surface area contributed by atoms with Crippen LogP contribution >= 0.6 is 11.8 Å². The summed E-state index contributed by atoms with van der Waals surface area (Å²) in [4.78, 5) is 28.5. The number of hydrogen-bond donors (Lipinski definition) is 1. The normalized spacial score (nSPS) is 11.7. The van der Waals surface area contributed by atoms with Crippen molar-refractivity contribution in [2.45, 2.75) is 51.1 Å². The van der Waals surface area contributed by atoms with Crippen LogP contribution in [0, 0.1) is 6.92 Å². The van der Waals surface area contributed by atoms with Gasteiger partial charge in [0.25, 0.3) is 0 Å². The number of rotatable bonds is 10. The standard InChI is InChI=1S/C23H30N2O2S/c1-4-21(23(27)24-5-2)25(17-19-13-11-18(3)12-14-19)22(26)15-16-28-20-9-7-6-8-10-20/h6-14,21H,4-5,15-17H2,1-3H3,(H,24,27). The zero-order chi connectivity index (χ0) is 20.4. The summed E-state index contributed by atoms with van der Waals surface area (Å²) in [5.74, 6) is 0.627. The van der Waals surface area contributed by atoms with Crippen LogP contribution in [0.25, 0.3) is 0 Å². The Morgan fingerprint density at radius 3 is 2.32 bits per heavy atom. The molecular weight excluding hydrogens is 368 g/mol. The number of aryl methyl sites for hydroxylation is 1. The Balaban J connectivity index is 2.09. The Morgan fingerprint density at radius 1 is 1.04 bits per heavy atom. The molecule has 0 heterocycles. The van der Waals surface area contributed by atoms with Crippen molar-refractivity contribution < 1.29 is 9.59 Å². The number of carbonyl (C=O) groups is 2. The molecule has 2 aromatic rings. The van der Waals surface area contributed by atoms with E-state index in [1.165, 1.54) is 5.56 Å². The number of thioether (sulfide) groups is 1. The van der Waals surface area contributed by atoms with Crippen molar-refractivity contribution in [1.29, 1.82) is 0 Å². The molecule has 1 unspecified atom stereocenters. The third-order valence-electron chi connectivity index (χ3n) is 4.54. The second-order valence-electron chi connectivity index (χ2n) is 6.74. The van der Waals surface area contributed by atoms with Crippen molar-refractivity contribution >= 4 is 23.6 Å². The number of amides is 2. The summed E-state index contributed by atoms with van der Waals surface area (Å²) in [6, 6.07) is 17.7. The second-order valence-corrected chi connectivity index (χ2v) is 7.91. The largest absolute Gasteiger partial charge is 0.355 e. The van der Waals surface area contributed by atoms with Crippen LogP contribution in [0.15, 0.2) is 59.5 Å². The van der Waals surface area contributed by atoms with Gasteiger partial charge in [-0.25, -0.2) is 0 Å². The molecule has 2 aromatic carbocycles. The minimum atomic E-state index is -0.449. The molecule has 150 valence electrons. The Bertz CT molecular complexity index is 747. The molecule has 0 fully saturated rings. The molecule has 0 bridgehead atoms. The van der Waals surface area contributed by atoms with Gasteiger partial charge >= 0.3 is 0 Å². The molecule has 0 saturated heterocycles. The van der Waals surface area contributed by atoms with E-state index in [1.54, 1.807) is 16.7 Å². The van der Waals surface area contributed by atoms with Gasteiger partial charge in [0.1, 0.15) is 6.04 Å². The molecule has 2 rings (SSSR count). The first-order valence-corrected chi connectivity index (χ1v) is 10.8. The number of carbonyl (C=O) groups excluding carboxylic acids is 2. The molecule has 0 aliphatic rings. The first-order chi connectivity index (χ1) is 13.5. The summed E-state index contributed by atoms with van der Waals surface area (Å²) < 4.78 is 0. The van der Waals surface area contributed by atoms with E-state index in [4.69, 9.17) is 0 Å². The van der Waals surface area contributed by atoms with Gasteiger partial charge in [0.2, 0.25) is 11.8 Å². The highest BCUT2D eigenvalue weighted by Gasteiger charge is 2.27. The van der Waals surface area contributed by atoms with Crippen molar-refractivity contribution in [3.05, 3.63) is 65.7 Å². The SMILES string of the molecule is CCNC(=O)C(CC)N(Cc1ccc(C)cc1)C(=O)CCSc1ccccc1. The van der Waals surface area contributed by atoms with Crippen LogP contribution < -0.4 is 5.32 Å². The van der Waals surface area contributed by atoms with Crippen LogP contribution in [0.2, 0.25) is 0 Å². The summed E-state index contributed by atoms with van der Waals surface area (Å²) in [6.07, 6.45) is 0.997. The quantitative estimate of drug-likeness (QED) is 0.603. The summed E-state index contributed by atoms with van der Waals surface area (Å²) in [5, 5.41) is 2.87. The lowest BCUT2D eigenvalue weighted by molar-refractivity contribution is -0.141. The highest BCUT2D eigenvalue weighted by molar-refractivity contribution is 7.99. The van der Waals surface area contributed by atoms with Gasteiger partial charge in [-0.3, -0.25) is 9.59 Å². The Kier molecular flexibility index (Phi) is 9.08. The van der Waals surface area contributed by atoms with E-state index in [9.17, 15) is 9.59 Å². The van der Waals surface area contributed by atoms with Gasteiger partial charge in [-0.05, 0) is 38.0 Å². The number of nitrogens with zero attached hydrogens (tertiary/aromatic N) is 1. The van der Waals surface area contributed by atoms with E-state index in [0.717, 1.165) is 10.5 Å². The van der Waals surface area contributed by atoms with Gasteiger partial charge in [0.15, 0.2) is 0 Å². The molecule has 0 spiro atoms. The monoisotopic (exact) mass is 398 g/mol. The van der Waals surface area contributed by atoms with Crippen LogP contribution in [-0.2, 0) is 16.1 Å². The van der Waals surface area contributed by atoms with Crippen LogP contribution in [-0.4, -0.2) is 35.1 Å². The molecule has 0 saturated carbocycles. The molecule has 0 aliphatic carbocycles. The van der Waals surface area contributed by atoms with Crippen molar-refractivity contribution in [2.24, 2.45) is 0 Å². The van der Waals surface area contributed by atoms with Crippen LogP contribution in [0.4, 0.5) is 0 Å². The number of nitrogens with one attached hydrogen (secondary N) is 1. The van der Waals surface area contributed by atoms with E-state index in [2.05, 4.69) is 5.32 Å². The Labute approximate surface area is 172 Å². The average Bonchev–Trinajstić information content (AvgIpc) is 2.70. The fourth-order valence-corrected chi connectivity index (χ4v) is 3.88. The van der Waals surface area contributed by atoms with Crippen LogP contribution in [0.3, 0.4) is 0 Å². The molecule has 2 amide bonds. The van der Waals surface area contributed by atoms with Crippen molar-refractivity contribution in [3.63, 3.8) is 0 Å². The first-order valence-electron chi connectivity index (χ1n) is 9.85. The van der Waals surface area contributed by atoms with Gasteiger partial charge in [0, 0.05) is 30.2 Å². The maximum absolute atomic E-state index is 13.0. The highest BCUT2D eigenvalue weighted by Crippen LogP contribution is 2.20. The summed E-state index contributed by atoms with van der Waals surface area (Å²) in [6.45, 7) is 6.90. The van der Waals surface area contributed by atoms with Crippen molar-refractivity contribution in [1.82, 2.24) is 10.2 Å². The maximum Gasteiger partial charge on any atom is 0.242 e. The fourth-order valence-electron chi connectivity index (χ4n) is 3.02. The van der Waals surface area contributed by atoms with E-state index in [-0.39, 0.29) is 11.8 Å². The van der Waals surface area contributed by atoms with Gasteiger partial charge < -0.3 is 10.2 Å².